The van der Waals surface area contributed by atoms with E-state index >= 15 is 0 Å². The third kappa shape index (κ3) is 9.91. The van der Waals surface area contributed by atoms with E-state index in [-0.39, 0.29) is 0 Å². The topological polar surface area (TPSA) is 0 Å². The largest absolute Gasteiger partial charge is 0.0956 e. The molecule has 0 nitrogen and oxygen atoms in total. The minimum absolute atomic E-state index is 0.667. The van der Waals surface area contributed by atoms with Crippen molar-refractivity contribution >= 4 is 0 Å². The lowest BCUT2D eigenvalue weighted by Gasteiger charge is -2.22. The number of rotatable bonds is 14. The Labute approximate surface area is 206 Å². The summed E-state index contributed by atoms with van der Waals surface area (Å²) in [5.74, 6) is 1.43. The van der Waals surface area contributed by atoms with Gasteiger partial charge in [0.2, 0.25) is 0 Å². The van der Waals surface area contributed by atoms with Gasteiger partial charge in [0, 0.05) is 0 Å². The van der Waals surface area contributed by atoms with Gasteiger partial charge >= 0.3 is 0 Å². The Balaban J connectivity index is 1.67. The monoisotopic (exact) mass is 446 g/mol. The van der Waals surface area contributed by atoms with Gasteiger partial charge in [0.15, 0.2) is 0 Å². The van der Waals surface area contributed by atoms with Gasteiger partial charge in [-0.15, -0.1) is 0 Å². The van der Waals surface area contributed by atoms with E-state index < -0.39 is 0 Å². The average molecular weight is 447 g/mol. The molecule has 2 rings (SSSR count). The molecule has 33 heavy (non-hydrogen) atoms. The highest BCUT2D eigenvalue weighted by molar-refractivity contribution is 5.30. The van der Waals surface area contributed by atoms with Crippen LogP contribution in [0.4, 0.5) is 0 Å². The summed E-state index contributed by atoms with van der Waals surface area (Å²) in [4.78, 5) is 0. The van der Waals surface area contributed by atoms with Crippen LogP contribution in [-0.2, 0) is 0 Å². The molecule has 0 heterocycles. The summed E-state index contributed by atoms with van der Waals surface area (Å²) >= 11 is 0. The first kappa shape index (κ1) is 27.4. The fourth-order valence-corrected chi connectivity index (χ4v) is 5.00. The first-order valence-corrected chi connectivity index (χ1v) is 13.7. The second kappa shape index (κ2) is 15.2. The summed E-state index contributed by atoms with van der Waals surface area (Å²) in [6.07, 6.45) is 29.5. The molecular weight excluding hydrogens is 396 g/mol. The summed E-state index contributed by atoms with van der Waals surface area (Å²) in [6.45, 7) is 18.1. The smallest absolute Gasteiger partial charge is 0.00705 e. The van der Waals surface area contributed by atoms with E-state index in [0.29, 0.717) is 5.92 Å². The fraction of sp³-hybridized carbons (Fsp3) is 0.576. The first-order chi connectivity index (χ1) is 15.9. The Bertz CT molecular complexity index is 786. The van der Waals surface area contributed by atoms with Crippen LogP contribution >= 0.6 is 0 Å². The number of allylic oxidation sites excluding steroid dienone is 12. The second-order valence-corrected chi connectivity index (χ2v) is 10.5. The van der Waals surface area contributed by atoms with Gasteiger partial charge in [0.25, 0.3) is 0 Å². The maximum absolute atomic E-state index is 4.40. The van der Waals surface area contributed by atoms with Gasteiger partial charge < -0.3 is 0 Å². The van der Waals surface area contributed by atoms with Crippen molar-refractivity contribution in [1.29, 1.82) is 0 Å². The summed E-state index contributed by atoms with van der Waals surface area (Å²) in [5, 5.41) is 0. The molecule has 2 aliphatic rings. The highest BCUT2D eigenvalue weighted by Crippen LogP contribution is 2.34. The quantitative estimate of drug-likeness (QED) is 0.184. The lowest BCUT2D eigenvalue weighted by atomic mass is 9.84. The lowest BCUT2D eigenvalue weighted by molar-refractivity contribution is 0.463. The molecule has 2 atom stereocenters. The molecule has 0 aromatic carbocycles. The summed E-state index contributed by atoms with van der Waals surface area (Å²) in [7, 11) is 0. The van der Waals surface area contributed by atoms with E-state index in [0.717, 1.165) is 25.2 Å². The van der Waals surface area contributed by atoms with Crippen LogP contribution in [0.2, 0.25) is 0 Å². The van der Waals surface area contributed by atoms with Crippen molar-refractivity contribution in [1.82, 2.24) is 0 Å². The molecule has 0 heteroatoms. The Morgan fingerprint density at radius 1 is 1.06 bits per heavy atom. The molecule has 1 saturated carbocycles. The van der Waals surface area contributed by atoms with E-state index in [1.165, 1.54) is 80.9 Å². The molecule has 182 valence electrons. The number of hydrogen-bond acceptors (Lipinski definition) is 0. The second-order valence-electron chi connectivity index (χ2n) is 10.5. The molecule has 0 radical (unpaired) electrons. The molecule has 0 aromatic rings. The van der Waals surface area contributed by atoms with E-state index in [2.05, 4.69) is 77.3 Å². The molecule has 1 fully saturated rings. The molecular formula is C33H50. The third-order valence-corrected chi connectivity index (χ3v) is 7.87. The highest BCUT2D eigenvalue weighted by atomic mass is 14.2. The predicted molar refractivity (Wildman–Crippen MR) is 149 cm³/mol. The molecule has 2 unspecified atom stereocenters. The zero-order chi connectivity index (χ0) is 24.1. The Kier molecular flexibility index (Phi) is 12.6. The molecule has 0 aromatic heterocycles. The maximum atomic E-state index is 4.40. The van der Waals surface area contributed by atoms with Gasteiger partial charge in [-0.25, -0.2) is 0 Å². The van der Waals surface area contributed by atoms with E-state index in [1.807, 2.05) is 0 Å². The molecule has 0 spiro atoms. The fourth-order valence-electron chi connectivity index (χ4n) is 5.00. The van der Waals surface area contributed by atoms with E-state index in [4.69, 9.17) is 0 Å². The van der Waals surface area contributed by atoms with Crippen LogP contribution in [0.1, 0.15) is 111 Å². The molecule has 0 bridgehead atoms. The summed E-state index contributed by atoms with van der Waals surface area (Å²) < 4.78 is 0. The van der Waals surface area contributed by atoms with Crippen molar-refractivity contribution in [2.45, 2.75) is 111 Å². The van der Waals surface area contributed by atoms with Crippen LogP contribution in [0.15, 0.2) is 83.1 Å². The van der Waals surface area contributed by atoms with Crippen molar-refractivity contribution < 1.29 is 0 Å². The Morgan fingerprint density at radius 2 is 1.85 bits per heavy atom. The minimum atomic E-state index is 0.667. The van der Waals surface area contributed by atoms with Crippen molar-refractivity contribution in [3.63, 3.8) is 0 Å². The zero-order valence-electron chi connectivity index (χ0n) is 22.2. The minimum Gasteiger partial charge on any atom is -0.0956 e. The van der Waals surface area contributed by atoms with Crippen molar-refractivity contribution in [2.24, 2.45) is 11.8 Å². The Hall–Kier alpha value is -1.82. The summed E-state index contributed by atoms with van der Waals surface area (Å²) in [5.41, 5.74) is 9.13. The van der Waals surface area contributed by atoms with Crippen LogP contribution in [0.25, 0.3) is 0 Å². The van der Waals surface area contributed by atoms with Gasteiger partial charge in [-0.2, -0.15) is 0 Å². The van der Waals surface area contributed by atoms with Gasteiger partial charge in [-0.1, -0.05) is 105 Å². The van der Waals surface area contributed by atoms with Crippen LogP contribution in [-0.4, -0.2) is 0 Å². The third-order valence-electron chi connectivity index (χ3n) is 7.87. The van der Waals surface area contributed by atoms with Crippen LogP contribution < -0.4 is 0 Å². The van der Waals surface area contributed by atoms with Gasteiger partial charge in [-0.05, 0) is 101 Å². The van der Waals surface area contributed by atoms with E-state index in [9.17, 15) is 0 Å². The summed E-state index contributed by atoms with van der Waals surface area (Å²) in [6, 6.07) is 0. The average Bonchev–Trinajstić information content (AvgIpc) is 2.76. The van der Waals surface area contributed by atoms with Crippen molar-refractivity contribution in [3.8, 4) is 0 Å². The first-order valence-electron chi connectivity index (χ1n) is 13.7. The van der Waals surface area contributed by atoms with Crippen LogP contribution in [0.3, 0.4) is 0 Å². The lowest BCUT2D eigenvalue weighted by Crippen LogP contribution is -2.03. The van der Waals surface area contributed by atoms with Crippen LogP contribution in [0, 0.1) is 11.8 Å². The Morgan fingerprint density at radius 3 is 2.52 bits per heavy atom. The molecule has 0 amide bonds. The number of hydrogen-bond donors (Lipinski definition) is 0. The van der Waals surface area contributed by atoms with Crippen LogP contribution in [0.5, 0.6) is 0 Å². The van der Waals surface area contributed by atoms with Gasteiger partial charge in [0.1, 0.15) is 0 Å². The molecule has 0 saturated heterocycles. The predicted octanol–water partition coefficient (Wildman–Crippen LogP) is 10.8. The van der Waals surface area contributed by atoms with Crippen molar-refractivity contribution in [2.75, 3.05) is 0 Å². The van der Waals surface area contributed by atoms with Gasteiger partial charge in [-0.3, -0.25) is 0 Å². The highest BCUT2D eigenvalue weighted by Gasteiger charge is 2.14. The molecule has 2 aliphatic carbocycles. The zero-order valence-corrected chi connectivity index (χ0v) is 22.2. The normalized spacial score (nSPS) is 19.4. The van der Waals surface area contributed by atoms with Gasteiger partial charge in [0.05, 0.1) is 0 Å². The standard InChI is InChI=1S/C33H50/c1-7-30(22-24-31(8-2)33-19-14-20-33)25-29(6)27(4)17-13-15-26(3)21-23-32-18-12-10-9-11-16-28(32)5/h7,9-12,18,26,28H,4,6,8,13-17,19-25H2,1-3,5H3. The maximum Gasteiger partial charge on any atom is -0.00705 e. The van der Waals surface area contributed by atoms with Crippen molar-refractivity contribution in [3.05, 3.63) is 83.1 Å². The molecule has 0 N–H and O–H groups in total. The SMILES string of the molecule is C=C(CCCC(C)CCC1=CC=CC=CCC1C)C(=C)CC(=CC)CCC(CC)=C1CCC1. The van der Waals surface area contributed by atoms with E-state index in [1.54, 1.807) is 16.7 Å². The molecule has 0 aliphatic heterocycles.